The molecule has 0 bridgehead atoms. The number of imide groups is 1. The predicted molar refractivity (Wildman–Crippen MR) is 150 cm³/mol. The molecule has 1 aliphatic rings. The number of hydrogen-bond donors (Lipinski definition) is 1. The number of unbranched alkanes of at least 4 members (excludes halogenated alkanes) is 3. The average molecular weight is 577 g/mol. The summed E-state index contributed by atoms with van der Waals surface area (Å²) >= 11 is 0. The summed E-state index contributed by atoms with van der Waals surface area (Å²) in [4.78, 5) is 40.9. The third kappa shape index (κ3) is 6.80. The van der Waals surface area contributed by atoms with Crippen LogP contribution in [0.3, 0.4) is 0 Å². The summed E-state index contributed by atoms with van der Waals surface area (Å²) in [5.74, 6) is -2.65. The summed E-state index contributed by atoms with van der Waals surface area (Å²) in [6.45, 7) is 5.74. The Morgan fingerprint density at radius 2 is 1.77 bits per heavy atom. The number of anilines is 1. The SMILES string of the molecule is CCCCCCc1c(F)cc2c(c1NC(=O)CC)C(=O)N([C@H](CS(C)(=O)=O)c1ccc(OC)c(OCC)c1)C2=O. The van der Waals surface area contributed by atoms with E-state index in [1.165, 1.54) is 13.2 Å². The highest BCUT2D eigenvalue weighted by atomic mass is 32.2. The molecule has 0 fully saturated rings. The molecule has 3 rings (SSSR count). The quantitative estimate of drug-likeness (QED) is 0.246. The van der Waals surface area contributed by atoms with E-state index in [-0.39, 0.29) is 35.2 Å². The topological polar surface area (TPSA) is 119 Å². The normalized spacial score (nSPS) is 13.8. The highest BCUT2D eigenvalue weighted by molar-refractivity contribution is 7.90. The van der Waals surface area contributed by atoms with Gasteiger partial charge < -0.3 is 14.8 Å². The van der Waals surface area contributed by atoms with E-state index in [0.29, 0.717) is 30.1 Å². The maximum absolute atomic E-state index is 15.5. The Balaban J connectivity index is 2.17. The molecule has 9 nitrogen and oxygen atoms in total. The van der Waals surface area contributed by atoms with Crippen molar-refractivity contribution >= 4 is 33.2 Å². The van der Waals surface area contributed by atoms with Gasteiger partial charge in [0.1, 0.15) is 15.7 Å². The van der Waals surface area contributed by atoms with E-state index in [0.717, 1.165) is 36.5 Å². The first-order chi connectivity index (χ1) is 19.0. The minimum atomic E-state index is -3.71. The van der Waals surface area contributed by atoms with Gasteiger partial charge in [-0.25, -0.2) is 12.8 Å². The van der Waals surface area contributed by atoms with Crippen molar-refractivity contribution in [2.45, 2.75) is 65.3 Å². The van der Waals surface area contributed by atoms with Gasteiger partial charge in [0, 0.05) is 18.2 Å². The van der Waals surface area contributed by atoms with Crippen LogP contribution in [-0.4, -0.2) is 56.8 Å². The van der Waals surface area contributed by atoms with Gasteiger partial charge in [-0.05, 0) is 43.5 Å². The van der Waals surface area contributed by atoms with Gasteiger partial charge in [0.2, 0.25) is 5.91 Å². The second kappa shape index (κ2) is 13.3. The lowest BCUT2D eigenvalue weighted by atomic mass is 9.97. The monoisotopic (exact) mass is 576 g/mol. The summed E-state index contributed by atoms with van der Waals surface area (Å²) in [5.41, 5.74) is 0.104. The minimum absolute atomic E-state index is 0.0259. The first-order valence-electron chi connectivity index (χ1n) is 13.5. The number of fused-ring (bicyclic) bond motifs is 1. The second-order valence-electron chi connectivity index (χ2n) is 9.78. The van der Waals surface area contributed by atoms with Crippen LogP contribution in [0.2, 0.25) is 0 Å². The third-order valence-electron chi connectivity index (χ3n) is 6.77. The van der Waals surface area contributed by atoms with Crippen molar-refractivity contribution in [3.8, 4) is 11.5 Å². The molecular weight excluding hydrogens is 539 g/mol. The number of benzene rings is 2. The number of amides is 3. The lowest BCUT2D eigenvalue weighted by Gasteiger charge is -2.27. The second-order valence-corrected chi connectivity index (χ2v) is 12.0. The smallest absolute Gasteiger partial charge is 0.264 e. The fraction of sp³-hybridized carbons (Fsp3) is 0.483. The van der Waals surface area contributed by atoms with Crippen LogP contribution in [0.5, 0.6) is 11.5 Å². The molecule has 0 aromatic heterocycles. The zero-order valence-corrected chi connectivity index (χ0v) is 24.5. The number of carbonyl (C=O) groups excluding carboxylic acids is 3. The molecule has 0 saturated carbocycles. The van der Waals surface area contributed by atoms with Crippen molar-refractivity contribution < 1.29 is 36.7 Å². The number of ether oxygens (including phenoxy) is 2. The number of carbonyl (C=O) groups is 3. The van der Waals surface area contributed by atoms with Crippen LogP contribution in [0.1, 0.15) is 90.8 Å². The fourth-order valence-electron chi connectivity index (χ4n) is 4.82. The minimum Gasteiger partial charge on any atom is -0.493 e. The lowest BCUT2D eigenvalue weighted by Crippen LogP contribution is -2.37. The van der Waals surface area contributed by atoms with E-state index in [4.69, 9.17) is 9.47 Å². The van der Waals surface area contributed by atoms with E-state index in [1.54, 1.807) is 26.0 Å². The van der Waals surface area contributed by atoms with Gasteiger partial charge in [-0.15, -0.1) is 0 Å². The highest BCUT2D eigenvalue weighted by Crippen LogP contribution is 2.41. The zero-order chi connectivity index (χ0) is 29.6. The zero-order valence-electron chi connectivity index (χ0n) is 23.6. The van der Waals surface area contributed by atoms with Gasteiger partial charge in [0.25, 0.3) is 11.8 Å². The molecular formula is C29H37FN2O7S. The largest absolute Gasteiger partial charge is 0.493 e. The predicted octanol–water partition coefficient (Wildman–Crippen LogP) is 5.09. The molecule has 1 aliphatic heterocycles. The number of nitrogens with zero attached hydrogens (tertiary/aromatic N) is 1. The van der Waals surface area contributed by atoms with Gasteiger partial charge in [-0.2, -0.15) is 0 Å². The summed E-state index contributed by atoms with van der Waals surface area (Å²) in [7, 11) is -2.26. The fourth-order valence-corrected chi connectivity index (χ4v) is 5.74. The molecule has 40 heavy (non-hydrogen) atoms. The number of methoxy groups -OCH3 is 1. The van der Waals surface area contributed by atoms with Crippen molar-refractivity contribution in [1.82, 2.24) is 4.90 Å². The summed E-state index contributed by atoms with van der Waals surface area (Å²) < 4.78 is 51.4. The average Bonchev–Trinajstić information content (AvgIpc) is 3.14. The Labute approximate surface area is 234 Å². The van der Waals surface area contributed by atoms with Crippen LogP contribution in [0.15, 0.2) is 24.3 Å². The Hall–Kier alpha value is -3.47. The van der Waals surface area contributed by atoms with Gasteiger partial charge in [-0.1, -0.05) is 39.2 Å². The molecule has 11 heteroatoms. The Kier molecular flexibility index (Phi) is 10.3. The molecule has 3 amide bonds. The van der Waals surface area contributed by atoms with Gasteiger partial charge in [-0.3, -0.25) is 19.3 Å². The number of hydrogen-bond acceptors (Lipinski definition) is 7. The van der Waals surface area contributed by atoms with Crippen molar-refractivity contribution in [2.24, 2.45) is 0 Å². The third-order valence-corrected chi connectivity index (χ3v) is 7.69. The van der Waals surface area contributed by atoms with Crippen molar-refractivity contribution in [3.63, 3.8) is 0 Å². The molecule has 1 atom stereocenters. The molecule has 0 radical (unpaired) electrons. The van der Waals surface area contributed by atoms with Gasteiger partial charge >= 0.3 is 0 Å². The van der Waals surface area contributed by atoms with Crippen LogP contribution < -0.4 is 14.8 Å². The standard InChI is InChI=1S/C29H37FN2O7S/c1-6-9-10-11-12-19-21(30)16-20-26(27(19)31-25(33)7-2)29(35)32(28(20)34)22(17-40(5,36)37)18-13-14-23(38-4)24(15-18)39-8-3/h13-16,22H,6-12,17H2,1-5H3,(H,31,33)/t22-/m1/s1. The summed E-state index contributed by atoms with van der Waals surface area (Å²) in [6, 6.07) is 4.43. The molecule has 0 aliphatic carbocycles. The Morgan fingerprint density at radius 3 is 2.38 bits per heavy atom. The van der Waals surface area contributed by atoms with Crippen molar-refractivity contribution in [1.29, 1.82) is 0 Å². The van der Waals surface area contributed by atoms with Crippen LogP contribution in [0, 0.1) is 5.82 Å². The van der Waals surface area contributed by atoms with E-state index in [1.807, 2.05) is 0 Å². The molecule has 0 unspecified atom stereocenters. The van der Waals surface area contributed by atoms with E-state index in [9.17, 15) is 22.8 Å². The summed E-state index contributed by atoms with van der Waals surface area (Å²) in [5, 5.41) is 2.65. The van der Waals surface area contributed by atoms with E-state index in [2.05, 4.69) is 12.2 Å². The molecule has 218 valence electrons. The highest BCUT2D eigenvalue weighted by Gasteiger charge is 2.45. The summed E-state index contributed by atoms with van der Waals surface area (Å²) in [6.07, 6.45) is 4.75. The molecule has 0 spiro atoms. The first kappa shape index (κ1) is 31.1. The molecule has 1 heterocycles. The van der Waals surface area contributed by atoms with Crippen molar-refractivity contribution in [2.75, 3.05) is 31.0 Å². The van der Waals surface area contributed by atoms with Crippen LogP contribution in [0.4, 0.5) is 10.1 Å². The van der Waals surface area contributed by atoms with E-state index >= 15 is 4.39 Å². The van der Waals surface area contributed by atoms with Crippen molar-refractivity contribution in [3.05, 3.63) is 52.3 Å². The Bertz CT molecular complexity index is 1390. The Morgan fingerprint density at radius 1 is 1.05 bits per heavy atom. The molecule has 2 aromatic carbocycles. The molecule has 0 saturated heterocycles. The molecule has 2 aromatic rings. The van der Waals surface area contributed by atoms with Crippen LogP contribution >= 0.6 is 0 Å². The maximum Gasteiger partial charge on any atom is 0.264 e. The number of nitrogens with one attached hydrogen (secondary N) is 1. The lowest BCUT2D eigenvalue weighted by molar-refractivity contribution is -0.115. The number of rotatable bonds is 14. The number of sulfone groups is 1. The van der Waals surface area contributed by atoms with Gasteiger partial charge in [0.15, 0.2) is 11.5 Å². The van der Waals surface area contributed by atoms with Crippen LogP contribution in [-0.2, 0) is 21.1 Å². The van der Waals surface area contributed by atoms with Crippen LogP contribution in [0.25, 0.3) is 0 Å². The first-order valence-corrected chi connectivity index (χ1v) is 15.5. The molecule has 1 N–H and O–H groups in total. The number of halogens is 1. The van der Waals surface area contributed by atoms with Gasteiger partial charge in [0.05, 0.1) is 42.3 Å². The van der Waals surface area contributed by atoms with E-state index < -0.39 is 45.2 Å². The maximum atomic E-state index is 15.5.